The van der Waals surface area contributed by atoms with Crippen LogP contribution >= 0.6 is 11.8 Å². The number of hydrogen-bond donors (Lipinski definition) is 1. The SMILES string of the molecule is COC(=O)C1=C(O)CSC1=NC(=O)N(C)C. The summed E-state index contributed by atoms with van der Waals surface area (Å²) in [6.07, 6.45) is 0. The van der Waals surface area contributed by atoms with Crippen LogP contribution in [0.25, 0.3) is 0 Å². The van der Waals surface area contributed by atoms with Gasteiger partial charge in [-0.25, -0.2) is 9.59 Å². The number of thioether (sulfide) groups is 1. The Morgan fingerprint density at radius 1 is 1.50 bits per heavy atom. The maximum Gasteiger partial charge on any atom is 0.344 e. The Morgan fingerprint density at radius 2 is 2.12 bits per heavy atom. The molecule has 0 aliphatic carbocycles. The Bertz CT molecular complexity index is 387. The number of methoxy groups -OCH3 is 1. The zero-order chi connectivity index (χ0) is 12.3. The first kappa shape index (κ1) is 12.6. The molecule has 88 valence electrons. The van der Waals surface area contributed by atoms with Crippen LogP contribution in [0.15, 0.2) is 16.3 Å². The summed E-state index contributed by atoms with van der Waals surface area (Å²) in [6.45, 7) is 0. The normalized spacial score (nSPS) is 17.8. The molecule has 1 rings (SSSR count). The van der Waals surface area contributed by atoms with Gasteiger partial charge in [-0.15, -0.1) is 0 Å². The van der Waals surface area contributed by atoms with E-state index in [-0.39, 0.29) is 22.1 Å². The van der Waals surface area contributed by atoms with E-state index in [9.17, 15) is 14.7 Å². The topological polar surface area (TPSA) is 79.2 Å². The maximum absolute atomic E-state index is 11.3. The zero-order valence-corrected chi connectivity index (χ0v) is 10.00. The summed E-state index contributed by atoms with van der Waals surface area (Å²) >= 11 is 1.13. The number of rotatable bonds is 1. The van der Waals surface area contributed by atoms with Crippen molar-refractivity contribution in [2.75, 3.05) is 27.0 Å². The number of carbonyl (C=O) groups excluding carboxylic acids is 2. The number of aliphatic imine (C=N–C) groups is 1. The monoisotopic (exact) mass is 244 g/mol. The molecule has 0 bridgehead atoms. The Balaban J connectivity index is 3.00. The number of aliphatic hydroxyl groups excluding tert-OH is 1. The standard InChI is InChI=1S/C9H12N2O4S/c1-11(2)9(14)10-7-6(8(13)15-3)5(12)4-16-7/h12H,4H2,1-3H3. The van der Waals surface area contributed by atoms with E-state index >= 15 is 0 Å². The quantitative estimate of drug-likeness (QED) is 0.690. The van der Waals surface area contributed by atoms with Crippen molar-refractivity contribution >= 4 is 28.8 Å². The fourth-order valence-corrected chi connectivity index (χ4v) is 1.89. The molecule has 6 nitrogen and oxygen atoms in total. The van der Waals surface area contributed by atoms with Gasteiger partial charge in [-0.05, 0) is 0 Å². The van der Waals surface area contributed by atoms with Crippen molar-refractivity contribution < 1.29 is 19.4 Å². The van der Waals surface area contributed by atoms with Crippen LogP contribution in [0.3, 0.4) is 0 Å². The van der Waals surface area contributed by atoms with E-state index in [0.717, 1.165) is 11.8 Å². The lowest BCUT2D eigenvalue weighted by molar-refractivity contribution is -0.135. The minimum atomic E-state index is -0.687. The summed E-state index contributed by atoms with van der Waals surface area (Å²) < 4.78 is 4.50. The van der Waals surface area contributed by atoms with Gasteiger partial charge in [-0.2, -0.15) is 4.99 Å². The van der Waals surface area contributed by atoms with Crippen LogP contribution in [0.1, 0.15) is 0 Å². The second kappa shape index (κ2) is 5.02. The highest BCUT2D eigenvalue weighted by molar-refractivity contribution is 8.15. The molecule has 0 saturated carbocycles. The highest BCUT2D eigenvalue weighted by Crippen LogP contribution is 2.27. The van der Waals surface area contributed by atoms with Gasteiger partial charge in [0.1, 0.15) is 16.4 Å². The molecule has 2 amide bonds. The molecule has 1 aliphatic heterocycles. The first-order chi connectivity index (χ1) is 7.47. The van der Waals surface area contributed by atoms with E-state index in [1.54, 1.807) is 14.1 Å². The summed E-state index contributed by atoms with van der Waals surface area (Å²) in [5, 5.41) is 9.66. The molecule has 0 spiro atoms. The van der Waals surface area contributed by atoms with Crippen LogP contribution in [-0.2, 0) is 9.53 Å². The third-order valence-electron chi connectivity index (χ3n) is 1.82. The van der Waals surface area contributed by atoms with Crippen molar-refractivity contribution in [3.63, 3.8) is 0 Å². The van der Waals surface area contributed by atoms with Crippen molar-refractivity contribution in [3.8, 4) is 0 Å². The Kier molecular flexibility index (Phi) is 3.94. The lowest BCUT2D eigenvalue weighted by Crippen LogP contribution is -2.20. The lowest BCUT2D eigenvalue weighted by atomic mass is 10.2. The number of nitrogens with zero attached hydrogens (tertiary/aromatic N) is 2. The van der Waals surface area contributed by atoms with Gasteiger partial charge in [-0.3, -0.25) is 0 Å². The lowest BCUT2D eigenvalue weighted by Gasteiger charge is -2.06. The van der Waals surface area contributed by atoms with Gasteiger partial charge in [0.05, 0.1) is 12.9 Å². The van der Waals surface area contributed by atoms with E-state index in [4.69, 9.17) is 0 Å². The van der Waals surface area contributed by atoms with Crippen molar-refractivity contribution in [1.82, 2.24) is 4.90 Å². The summed E-state index contributed by atoms with van der Waals surface area (Å²) in [4.78, 5) is 27.7. The molecule has 0 saturated heterocycles. The maximum atomic E-state index is 11.3. The first-order valence-corrected chi connectivity index (χ1v) is 5.39. The molecule has 0 fully saturated rings. The largest absolute Gasteiger partial charge is 0.510 e. The van der Waals surface area contributed by atoms with Crippen LogP contribution in [-0.4, -0.2) is 54.0 Å². The van der Waals surface area contributed by atoms with Gasteiger partial charge >= 0.3 is 12.0 Å². The predicted molar refractivity (Wildman–Crippen MR) is 60.6 cm³/mol. The minimum Gasteiger partial charge on any atom is -0.510 e. The van der Waals surface area contributed by atoms with Crippen LogP contribution in [0, 0.1) is 0 Å². The molecule has 16 heavy (non-hydrogen) atoms. The average molecular weight is 244 g/mol. The molecular weight excluding hydrogens is 232 g/mol. The Labute approximate surface area is 97.0 Å². The van der Waals surface area contributed by atoms with Crippen molar-refractivity contribution in [2.45, 2.75) is 0 Å². The van der Waals surface area contributed by atoms with Crippen molar-refractivity contribution in [3.05, 3.63) is 11.3 Å². The Morgan fingerprint density at radius 3 is 2.62 bits per heavy atom. The molecule has 0 aromatic heterocycles. The molecular formula is C9H12N2O4S. The first-order valence-electron chi connectivity index (χ1n) is 4.41. The molecule has 0 aromatic rings. The zero-order valence-electron chi connectivity index (χ0n) is 9.18. The van der Waals surface area contributed by atoms with Crippen LogP contribution < -0.4 is 0 Å². The molecule has 1 heterocycles. The van der Waals surface area contributed by atoms with E-state index < -0.39 is 12.0 Å². The molecule has 0 radical (unpaired) electrons. The van der Waals surface area contributed by atoms with Crippen molar-refractivity contribution in [2.24, 2.45) is 4.99 Å². The number of ether oxygens (including phenoxy) is 1. The Hall–Kier alpha value is -1.50. The van der Waals surface area contributed by atoms with E-state index in [2.05, 4.69) is 9.73 Å². The van der Waals surface area contributed by atoms with Gasteiger partial charge in [0.25, 0.3) is 0 Å². The van der Waals surface area contributed by atoms with Crippen LogP contribution in [0.4, 0.5) is 4.79 Å². The van der Waals surface area contributed by atoms with Gasteiger partial charge in [0.15, 0.2) is 0 Å². The third-order valence-corrected chi connectivity index (χ3v) is 2.80. The molecule has 1 aliphatic rings. The van der Waals surface area contributed by atoms with Crippen LogP contribution in [0.2, 0.25) is 0 Å². The molecule has 1 N–H and O–H groups in total. The van der Waals surface area contributed by atoms with Gasteiger partial charge < -0.3 is 14.7 Å². The number of aliphatic hydroxyl groups is 1. The summed E-state index contributed by atoms with van der Waals surface area (Å²) in [7, 11) is 4.30. The minimum absolute atomic E-state index is 0.0253. The smallest absolute Gasteiger partial charge is 0.344 e. The van der Waals surface area contributed by atoms with Crippen LogP contribution in [0.5, 0.6) is 0 Å². The second-order valence-electron chi connectivity index (χ2n) is 3.20. The summed E-state index contributed by atoms with van der Waals surface area (Å²) in [6, 6.07) is -0.487. The second-order valence-corrected chi connectivity index (χ2v) is 4.16. The summed E-state index contributed by atoms with van der Waals surface area (Å²) in [5.41, 5.74) is -0.0253. The van der Waals surface area contributed by atoms with Crippen molar-refractivity contribution in [1.29, 1.82) is 0 Å². The molecule has 7 heteroatoms. The number of urea groups is 1. The van der Waals surface area contributed by atoms with Gasteiger partial charge in [0.2, 0.25) is 0 Å². The fraction of sp³-hybridized carbons (Fsp3) is 0.444. The molecule has 0 atom stereocenters. The van der Waals surface area contributed by atoms with E-state index in [1.807, 2.05) is 0 Å². The summed E-state index contributed by atoms with van der Waals surface area (Å²) in [5.74, 6) is -0.570. The van der Waals surface area contributed by atoms with Gasteiger partial charge in [-0.1, -0.05) is 11.8 Å². The van der Waals surface area contributed by atoms with Gasteiger partial charge in [0, 0.05) is 14.1 Å². The van der Waals surface area contributed by atoms with E-state index in [1.165, 1.54) is 12.0 Å². The third kappa shape index (κ3) is 2.54. The number of amides is 2. The molecule has 0 unspecified atom stereocenters. The number of hydrogen-bond acceptors (Lipinski definition) is 5. The highest BCUT2D eigenvalue weighted by Gasteiger charge is 2.29. The highest BCUT2D eigenvalue weighted by atomic mass is 32.2. The molecule has 0 aromatic carbocycles. The fourth-order valence-electron chi connectivity index (χ4n) is 0.987. The average Bonchev–Trinajstić information content (AvgIpc) is 2.58. The number of esters is 1. The predicted octanol–water partition coefficient (Wildman–Crippen LogP) is 0.798. The van der Waals surface area contributed by atoms with E-state index in [0.29, 0.717) is 0 Å². The number of carbonyl (C=O) groups is 2.